The number of phenolic OH excluding ortho intramolecular Hbond substituents is 2. The van der Waals surface area contributed by atoms with Gasteiger partial charge in [-0.05, 0) is 42.5 Å². The smallest absolute Gasteiger partial charge is 0.335 e. The molecule has 140 valence electrons. The van der Waals surface area contributed by atoms with E-state index in [-0.39, 0.29) is 17.1 Å². The molecule has 1 heterocycles. The first-order chi connectivity index (χ1) is 13.5. The average Bonchev–Trinajstić information content (AvgIpc) is 3.13. The van der Waals surface area contributed by atoms with E-state index < -0.39 is 5.97 Å². The van der Waals surface area contributed by atoms with Crippen LogP contribution in [-0.4, -0.2) is 21.3 Å². The van der Waals surface area contributed by atoms with Crippen LogP contribution in [0.5, 0.6) is 11.5 Å². The normalized spacial score (nSPS) is 13.5. The number of aromatic carboxylic acids is 1. The third kappa shape index (κ3) is 3.10. The van der Waals surface area contributed by atoms with E-state index in [1.807, 2.05) is 0 Å². The van der Waals surface area contributed by atoms with Crippen molar-refractivity contribution in [1.82, 2.24) is 5.53 Å². The van der Waals surface area contributed by atoms with Gasteiger partial charge in [0.05, 0.1) is 16.9 Å². The zero-order valence-corrected chi connectivity index (χ0v) is 14.6. The van der Waals surface area contributed by atoms with Gasteiger partial charge in [0.15, 0.2) is 0 Å². The van der Waals surface area contributed by atoms with Gasteiger partial charge < -0.3 is 15.3 Å². The largest absolute Gasteiger partial charge is 0.507 e. The van der Waals surface area contributed by atoms with E-state index >= 15 is 0 Å². The molecular weight excluding hydrogens is 358 g/mol. The Morgan fingerprint density at radius 1 is 0.857 bits per heavy atom. The van der Waals surface area contributed by atoms with Crippen molar-refractivity contribution in [3.8, 4) is 11.5 Å². The predicted octanol–water partition coefficient (Wildman–Crippen LogP) is 3.54. The molecule has 0 saturated carbocycles. The predicted molar refractivity (Wildman–Crippen MR) is 106 cm³/mol. The number of benzene rings is 3. The van der Waals surface area contributed by atoms with Crippen LogP contribution in [0, 0.1) is 0 Å². The van der Waals surface area contributed by atoms with Gasteiger partial charge in [-0.2, -0.15) is 0 Å². The lowest BCUT2D eigenvalue weighted by Gasteiger charge is -2.25. The topological polar surface area (TPSA) is 96.3 Å². The van der Waals surface area contributed by atoms with Gasteiger partial charge in [-0.15, -0.1) is 5.53 Å². The molecule has 1 aliphatic rings. The van der Waals surface area contributed by atoms with Gasteiger partial charge in [-0.25, -0.2) is 4.79 Å². The molecule has 1 aliphatic heterocycles. The SMILES string of the molecule is O=C(O)c1cccc(N2NN(c3ccccc3O)C=C2c2ccccc2O)c1. The average molecular weight is 375 g/mol. The summed E-state index contributed by atoms with van der Waals surface area (Å²) in [6.45, 7) is 0. The minimum atomic E-state index is -1.04. The second kappa shape index (κ2) is 6.98. The van der Waals surface area contributed by atoms with Crippen LogP contribution in [0.1, 0.15) is 15.9 Å². The number of para-hydroxylation sites is 3. The third-order valence-corrected chi connectivity index (χ3v) is 4.37. The van der Waals surface area contributed by atoms with Crippen molar-refractivity contribution in [3.63, 3.8) is 0 Å². The Bertz CT molecular complexity index is 1080. The Morgan fingerprint density at radius 2 is 1.57 bits per heavy atom. The first kappa shape index (κ1) is 17.4. The molecule has 4 N–H and O–H groups in total. The van der Waals surface area contributed by atoms with Crippen molar-refractivity contribution in [2.24, 2.45) is 0 Å². The highest BCUT2D eigenvalue weighted by atomic mass is 16.4. The molecule has 0 bridgehead atoms. The quantitative estimate of drug-likeness (QED) is 0.554. The van der Waals surface area contributed by atoms with Crippen LogP contribution < -0.4 is 15.6 Å². The van der Waals surface area contributed by atoms with Crippen LogP contribution in [0.15, 0.2) is 79.0 Å². The summed E-state index contributed by atoms with van der Waals surface area (Å²) in [6, 6.07) is 20.1. The first-order valence-corrected chi connectivity index (χ1v) is 8.52. The lowest BCUT2D eigenvalue weighted by Crippen LogP contribution is -2.40. The minimum absolute atomic E-state index is 0.0732. The molecule has 0 aromatic heterocycles. The number of nitrogens with zero attached hydrogens (tertiary/aromatic N) is 2. The molecule has 0 fully saturated rings. The van der Waals surface area contributed by atoms with Crippen molar-refractivity contribution in [2.75, 3.05) is 10.0 Å². The number of carbonyl (C=O) groups is 1. The molecule has 0 aliphatic carbocycles. The van der Waals surface area contributed by atoms with Gasteiger partial charge in [0, 0.05) is 11.8 Å². The van der Waals surface area contributed by atoms with Crippen LogP contribution >= 0.6 is 0 Å². The lowest BCUT2D eigenvalue weighted by atomic mass is 10.1. The van der Waals surface area contributed by atoms with Gasteiger partial charge in [0.2, 0.25) is 0 Å². The Kier molecular flexibility index (Phi) is 4.35. The van der Waals surface area contributed by atoms with Crippen LogP contribution in [-0.2, 0) is 0 Å². The number of hydrogen-bond donors (Lipinski definition) is 4. The summed E-state index contributed by atoms with van der Waals surface area (Å²) in [4.78, 5) is 11.4. The fourth-order valence-corrected chi connectivity index (χ4v) is 3.02. The number of hydrogen-bond acceptors (Lipinski definition) is 6. The van der Waals surface area contributed by atoms with Crippen LogP contribution in [0.25, 0.3) is 5.70 Å². The maximum Gasteiger partial charge on any atom is 0.335 e. The number of anilines is 2. The van der Waals surface area contributed by atoms with E-state index in [1.54, 1.807) is 76.9 Å². The van der Waals surface area contributed by atoms with Gasteiger partial charge in [0.25, 0.3) is 0 Å². The van der Waals surface area contributed by atoms with Gasteiger partial charge >= 0.3 is 5.97 Å². The number of rotatable bonds is 4. The standard InChI is InChI=1S/C21H17N3O4/c25-19-10-3-1-8-16(19)18-13-23(17-9-2-4-11-20(17)26)22-24(18)15-7-5-6-14(12-15)21(27)28/h1-13,22,25-26H,(H,27,28). The molecule has 0 unspecified atom stereocenters. The number of nitrogens with one attached hydrogen (secondary N) is 1. The van der Waals surface area contributed by atoms with E-state index in [4.69, 9.17) is 0 Å². The van der Waals surface area contributed by atoms with Crippen molar-refractivity contribution in [2.45, 2.75) is 0 Å². The van der Waals surface area contributed by atoms with E-state index in [1.165, 1.54) is 12.1 Å². The monoisotopic (exact) mass is 375 g/mol. The highest BCUT2D eigenvalue weighted by Gasteiger charge is 2.27. The first-order valence-electron chi connectivity index (χ1n) is 8.52. The van der Waals surface area contributed by atoms with Crippen LogP contribution in [0.4, 0.5) is 11.4 Å². The molecule has 0 atom stereocenters. The summed E-state index contributed by atoms with van der Waals surface area (Å²) in [5, 5.41) is 33.1. The van der Waals surface area contributed by atoms with E-state index in [2.05, 4.69) is 5.53 Å². The Labute approximate surface area is 160 Å². The maximum absolute atomic E-state index is 11.4. The summed E-state index contributed by atoms with van der Waals surface area (Å²) in [5.74, 6) is -0.884. The van der Waals surface area contributed by atoms with Crippen molar-refractivity contribution >= 4 is 23.0 Å². The van der Waals surface area contributed by atoms with Gasteiger partial charge in [0.1, 0.15) is 17.2 Å². The summed E-state index contributed by atoms with van der Waals surface area (Å²) in [5.41, 5.74) is 5.46. The van der Waals surface area contributed by atoms with Gasteiger partial charge in [-0.3, -0.25) is 10.0 Å². The van der Waals surface area contributed by atoms with Crippen molar-refractivity contribution in [3.05, 3.63) is 90.1 Å². The number of carboxylic acids is 1. The van der Waals surface area contributed by atoms with Crippen LogP contribution in [0.3, 0.4) is 0 Å². The summed E-state index contributed by atoms with van der Waals surface area (Å²) < 4.78 is 0. The Balaban J connectivity index is 1.82. The second-order valence-corrected chi connectivity index (χ2v) is 6.18. The molecule has 7 nitrogen and oxygen atoms in total. The molecule has 0 spiro atoms. The molecule has 3 aromatic rings. The fourth-order valence-electron chi connectivity index (χ4n) is 3.02. The number of phenols is 2. The lowest BCUT2D eigenvalue weighted by molar-refractivity contribution is 0.0697. The van der Waals surface area contributed by atoms with Crippen molar-refractivity contribution < 1.29 is 20.1 Å². The molecule has 7 heteroatoms. The number of hydrazine groups is 2. The molecule has 0 saturated heterocycles. The zero-order valence-electron chi connectivity index (χ0n) is 14.6. The molecular formula is C21H17N3O4. The van der Waals surface area contributed by atoms with Crippen molar-refractivity contribution in [1.29, 1.82) is 0 Å². The molecule has 4 rings (SSSR count). The molecule has 3 aromatic carbocycles. The Morgan fingerprint density at radius 3 is 2.29 bits per heavy atom. The Hall–Kier alpha value is -3.97. The van der Waals surface area contributed by atoms with E-state index in [9.17, 15) is 20.1 Å². The zero-order chi connectivity index (χ0) is 19.7. The summed E-state index contributed by atoms with van der Waals surface area (Å²) in [6.07, 6.45) is 1.72. The molecule has 0 radical (unpaired) electrons. The number of aromatic hydroxyl groups is 2. The third-order valence-electron chi connectivity index (χ3n) is 4.37. The summed E-state index contributed by atoms with van der Waals surface area (Å²) >= 11 is 0. The molecule has 28 heavy (non-hydrogen) atoms. The highest BCUT2D eigenvalue weighted by Crippen LogP contribution is 2.37. The molecule has 0 amide bonds. The second-order valence-electron chi connectivity index (χ2n) is 6.18. The van der Waals surface area contributed by atoms with E-state index in [0.717, 1.165) is 0 Å². The van der Waals surface area contributed by atoms with E-state index in [0.29, 0.717) is 22.6 Å². The summed E-state index contributed by atoms with van der Waals surface area (Å²) in [7, 11) is 0. The van der Waals surface area contributed by atoms with Crippen LogP contribution in [0.2, 0.25) is 0 Å². The maximum atomic E-state index is 11.4. The van der Waals surface area contributed by atoms with Gasteiger partial charge in [-0.1, -0.05) is 30.3 Å². The fraction of sp³-hybridized carbons (Fsp3) is 0. The minimum Gasteiger partial charge on any atom is -0.507 e. The number of carboxylic acid groups (broad SMARTS) is 1. The highest BCUT2D eigenvalue weighted by molar-refractivity contribution is 5.91.